The Bertz CT molecular complexity index is 962. The van der Waals surface area contributed by atoms with Gasteiger partial charge in [-0.15, -0.1) is 0 Å². The number of amides is 2. The zero-order chi connectivity index (χ0) is 22.3. The van der Waals surface area contributed by atoms with Crippen LogP contribution in [0.4, 0.5) is 10.5 Å². The molecule has 0 aliphatic rings. The molecule has 0 saturated carbocycles. The number of carbonyl (C=O) groups excluding carboxylic acids is 1. The Balaban J connectivity index is 2.24. The standard InChI is InChI=1S/C21H27ClN2O5S/c1-5-30(26,27)29-20-12-16(6-11-19(20)28-4)14-24(13-15(2)3)21(25)23-18-9-7-17(22)8-10-18/h6-12,15H,5,13-14H2,1-4H3,(H,23,25). The average Bonchev–Trinajstić information content (AvgIpc) is 2.69. The van der Waals surface area contributed by atoms with Gasteiger partial charge in [0.05, 0.1) is 12.9 Å². The van der Waals surface area contributed by atoms with Crippen molar-refractivity contribution in [3.63, 3.8) is 0 Å². The first-order chi connectivity index (χ1) is 14.1. The minimum absolute atomic E-state index is 0.0967. The summed E-state index contributed by atoms with van der Waals surface area (Å²) in [5, 5.41) is 3.44. The molecule has 2 amide bonds. The number of rotatable bonds is 9. The molecule has 0 atom stereocenters. The number of nitrogens with one attached hydrogen (secondary N) is 1. The molecule has 0 saturated heterocycles. The zero-order valence-electron chi connectivity index (χ0n) is 17.5. The van der Waals surface area contributed by atoms with Crippen LogP contribution >= 0.6 is 11.6 Å². The molecule has 1 N–H and O–H groups in total. The highest BCUT2D eigenvalue weighted by atomic mass is 35.5. The van der Waals surface area contributed by atoms with Gasteiger partial charge in [-0.05, 0) is 54.8 Å². The SMILES string of the molecule is CCS(=O)(=O)Oc1cc(CN(CC(C)C)C(=O)Nc2ccc(Cl)cc2)ccc1OC. The number of nitrogens with zero attached hydrogens (tertiary/aromatic N) is 1. The van der Waals surface area contributed by atoms with Crippen molar-refractivity contribution in [2.45, 2.75) is 27.3 Å². The number of methoxy groups -OCH3 is 1. The van der Waals surface area contributed by atoms with Crippen LogP contribution in [-0.4, -0.2) is 38.8 Å². The molecule has 2 aromatic carbocycles. The number of hydrogen-bond donors (Lipinski definition) is 1. The van der Waals surface area contributed by atoms with Gasteiger partial charge in [-0.2, -0.15) is 8.42 Å². The third-order valence-corrected chi connectivity index (χ3v) is 5.53. The van der Waals surface area contributed by atoms with E-state index in [2.05, 4.69) is 5.32 Å². The second-order valence-corrected chi connectivity index (χ2v) is 9.42. The van der Waals surface area contributed by atoms with E-state index in [0.717, 1.165) is 0 Å². The summed E-state index contributed by atoms with van der Waals surface area (Å²) in [5.41, 5.74) is 1.34. The Morgan fingerprint density at radius 1 is 1.13 bits per heavy atom. The lowest BCUT2D eigenvalue weighted by atomic mass is 10.1. The summed E-state index contributed by atoms with van der Waals surface area (Å²) in [7, 11) is -2.28. The van der Waals surface area contributed by atoms with Gasteiger partial charge in [0.25, 0.3) is 0 Å². The topological polar surface area (TPSA) is 84.9 Å². The van der Waals surface area contributed by atoms with Gasteiger partial charge in [-0.3, -0.25) is 0 Å². The third-order valence-electron chi connectivity index (χ3n) is 4.14. The highest BCUT2D eigenvalue weighted by Crippen LogP contribution is 2.30. The first kappa shape index (κ1) is 23.8. The van der Waals surface area contributed by atoms with Crippen molar-refractivity contribution in [1.82, 2.24) is 4.90 Å². The van der Waals surface area contributed by atoms with E-state index >= 15 is 0 Å². The molecular weight excluding hydrogens is 428 g/mol. The van der Waals surface area contributed by atoms with Gasteiger partial charge in [0.1, 0.15) is 0 Å². The summed E-state index contributed by atoms with van der Waals surface area (Å²) in [6, 6.07) is 11.6. The van der Waals surface area contributed by atoms with Crippen molar-refractivity contribution < 1.29 is 22.1 Å². The van der Waals surface area contributed by atoms with E-state index in [1.165, 1.54) is 14.0 Å². The second-order valence-electron chi connectivity index (χ2n) is 7.13. The van der Waals surface area contributed by atoms with Gasteiger partial charge in [0.15, 0.2) is 11.5 Å². The van der Waals surface area contributed by atoms with Gasteiger partial charge in [-0.25, -0.2) is 4.79 Å². The van der Waals surface area contributed by atoms with Gasteiger partial charge >= 0.3 is 16.1 Å². The number of benzene rings is 2. The van der Waals surface area contributed by atoms with Crippen LogP contribution in [0.15, 0.2) is 42.5 Å². The fourth-order valence-corrected chi connectivity index (χ4v) is 3.34. The molecule has 0 spiro atoms. The largest absolute Gasteiger partial charge is 0.493 e. The monoisotopic (exact) mass is 454 g/mol. The summed E-state index contributed by atoms with van der Waals surface area (Å²) in [6.45, 7) is 6.30. The van der Waals surface area contributed by atoms with Crippen LogP contribution in [-0.2, 0) is 16.7 Å². The van der Waals surface area contributed by atoms with E-state index < -0.39 is 10.1 Å². The summed E-state index contributed by atoms with van der Waals surface area (Å²) >= 11 is 5.89. The summed E-state index contributed by atoms with van der Waals surface area (Å²) in [4.78, 5) is 14.5. The van der Waals surface area contributed by atoms with Crippen molar-refractivity contribution in [3.8, 4) is 11.5 Å². The molecule has 0 unspecified atom stereocenters. The van der Waals surface area contributed by atoms with Crippen molar-refractivity contribution in [3.05, 3.63) is 53.1 Å². The minimum Gasteiger partial charge on any atom is -0.493 e. The van der Waals surface area contributed by atoms with E-state index in [1.807, 2.05) is 13.8 Å². The maximum atomic E-state index is 12.9. The van der Waals surface area contributed by atoms with Crippen LogP contribution in [0, 0.1) is 5.92 Å². The van der Waals surface area contributed by atoms with Crippen LogP contribution in [0.5, 0.6) is 11.5 Å². The number of halogens is 1. The highest BCUT2D eigenvalue weighted by Gasteiger charge is 2.19. The summed E-state index contributed by atoms with van der Waals surface area (Å²) in [6.07, 6.45) is 0. The molecule has 0 aliphatic carbocycles. The maximum Gasteiger partial charge on any atom is 0.322 e. The predicted molar refractivity (Wildman–Crippen MR) is 119 cm³/mol. The lowest BCUT2D eigenvalue weighted by Crippen LogP contribution is -2.37. The lowest BCUT2D eigenvalue weighted by Gasteiger charge is -2.25. The van der Waals surface area contributed by atoms with Gasteiger partial charge < -0.3 is 19.1 Å². The number of urea groups is 1. The van der Waals surface area contributed by atoms with Gasteiger partial charge in [-0.1, -0.05) is 31.5 Å². The normalized spacial score (nSPS) is 11.3. The molecule has 0 heterocycles. The van der Waals surface area contributed by atoms with Crippen LogP contribution in [0.3, 0.4) is 0 Å². The van der Waals surface area contributed by atoms with Crippen LogP contribution in [0.2, 0.25) is 5.02 Å². The van der Waals surface area contributed by atoms with E-state index in [4.69, 9.17) is 20.5 Å². The number of carbonyl (C=O) groups is 1. The van der Waals surface area contributed by atoms with Crippen molar-refractivity contribution >= 4 is 33.4 Å². The second kappa shape index (κ2) is 10.5. The van der Waals surface area contributed by atoms with E-state index in [1.54, 1.807) is 47.4 Å². The highest BCUT2D eigenvalue weighted by molar-refractivity contribution is 7.87. The molecule has 0 radical (unpaired) electrons. The first-order valence-electron chi connectivity index (χ1n) is 9.54. The minimum atomic E-state index is -3.71. The molecule has 0 bridgehead atoms. The third kappa shape index (κ3) is 7.11. The molecule has 0 fully saturated rings. The smallest absolute Gasteiger partial charge is 0.322 e. The molecule has 164 valence electrons. The molecule has 2 aromatic rings. The molecule has 30 heavy (non-hydrogen) atoms. The molecule has 9 heteroatoms. The Kier molecular flexibility index (Phi) is 8.37. The fourth-order valence-electron chi connectivity index (χ4n) is 2.70. The lowest BCUT2D eigenvalue weighted by molar-refractivity contribution is 0.201. The number of hydrogen-bond acceptors (Lipinski definition) is 5. The van der Waals surface area contributed by atoms with E-state index in [9.17, 15) is 13.2 Å². The summed E-state index contributed by atoms with van der Waals surface area (Å²) in [5.74, 6) is 0.468. The molecule has 0 aliphatic heterocycles. The fraction of sp³-hybridized carbons (Fsp3) is 0.381. The van der Waals surface area contributed by atoms with Crippen LogP contribution < -0.4 is 14.2 Å². The number of anilines is 1. The predicted octanol–water partition coefficient (Wildman–Crippen LogP) is 4.77. The molecule has 2 rings (SSSR count). The Labute approximate surface area is 183 Å². The van der Waals surface area contributed by atoms with Gasteiger partial charge in [0.2, 0.25) is 0 Å². The maximum absolute atomic E-state index is 12.9. The number of ether oxygens (including phenoxy) is 1. The molecular formula is C21H27ClN2O5S. The zero-order valence-corrected chi connectivity index (χ0v) is 19.1. The quantitative estimate of drug-likeness (QED) is 0.552. The Morgan fingerprint density at radius 3 is 2.37 bits per heavy atom. The van der Waals surface area contributed by atoms with Gasteiger partial charge in [0, 0.05) is 23.8 Å². The van der Waals surface area contributed by atoms with Crippen LogP contribution in [0.25, 0.3) is 0 Å². The average molecular weight is 455 g/mol. The first-order valence-corrected chi connectivity index (χ1v) is 11.5. The van der Waals surface area contributed by atoms with Crippen LogP contribution in [0.1, 0.15) is 26.3 Å². The summed E-state index contributed by atoms with van der Waals surface area (Å²) < 4.78 is 34.1. The van der Waals surface area contributed by atoms with Crippen molar-refractivity contribution in [2.75, 3.05) is 24.7 Å². The molecule has 0 aromatic heterocycles. The van der Waals surface area contributed by atoms with E-state index in [-0.39, 0.29) is 30.0 Å². The molecule has 7 nitrogen and oxygen atoms in total. The van der Waals surface area contributed by atoms with Crippen molar-refractivity contribution in [1.29, 1.82) is 0 Å². The van der Waals surface area contributed by atoms with E-state index in [0.29, 0.717) is 28.6 Å². The Morgan fingerprint density at radius 2 is 1.80 bits per heavy atom. The van der Waals surface area contributed by atoms with Crippen molar-refractivity contribution in [2.24, 2.45) is 5.92 Å². The Hall–Kier alpha value is -2.45.